The second-order valence-corrected chi connectivity index (χ2v) is 6.98. The van der Waals surface area contributed by atoms with Crippen LogP contribution in [0.2, 0.25) is 0 Å². The number of guanidine groups is 1. The average molecular weight is 394 g/mol. The highest BCUT2D eigenvalue weighted by molar-refractivity contribution is 7.87. The molecule has 0 saturated carbocycles. The van der Waals surface area contributed by atoms with E-state index in [9.17, 15) is 12.8 Å². The summed E-state index contributed by atoms with van der Waals surface area (Å²) in [6.45, 7) is 2.03. The molecule has 2 rings (SSSR count). The predicted molar refractivity (Wildman–Crippen MR) is 99.8 cm³/mol. The van der Waals surface area contributed by atoms with Gasteiger partial charge in [-0.25, -0.2) is 4.39 Å². The maximum Gasteiger partial charge on any atom is 0.339 e. The van der Waals surface area contributed by atoms with E-state index in [4.69, 9.17) is 20.4 Å². The molecule has 2 aromatic carbocycles. The number of ether oxygens (including phenoxy) is 1. The highest BCUT2D eigenvalue weighted by Gasteiger charge is 2.18. The molecule has 0 aliphatic heterocycles. The second kappa shape index (κ2) is 8.99. The van der Waals surface area contributed by atoms with E-state index in [1.165, 1.54) is 30.5 Å². The number of nitrogens with zero attached hydrogens (tertiary/aromatic N) is 2. The Labute approximate surface area is 156 Å². The number of rotatable bonds is 8. The van der Waals surface area contributed by atoms with Crippen LogP contribution in [-0.4, -0.2) is 27.2 Å². The van der Waals surface area contributed by atoms with E-state index in [-0.39, 0.29) is 23.2 Å². The highest BCUT2D eigenvalue weighted by Crippen LogP contribution is 2.26. The first kappa shape index (κ1) is 20.2. The van der Waals surface area contributed by atoms with Crippen molar-refractivity contribution in [2.75, 3.05) is 6.61 Å². The third-order valence-electron chi connectivity index (χ3n) is 3.09. The van der Waals surface area contributed by atoms with Crippen LogP contribution in [0.25, 0.3) is 0 Å². The zero-order valence-electron chi connectivity index (χ0n) is 14.5. The Morgan fingerprint density at radius 3 is 2.63 bits per heavy atom. The molecule has 0 saturated heterocycles. The number of hydrogen-bond acceptors (Lipinski definition) is 6. The van der Waals surface area contributed by atoms with Crippen LogP contribution in [0.15, 0.2) is 57.6 Å². The Morgan fingerprint density at radius 2 is 1.93 bits per heavy atom. The zero-order valence-corrected chi connectivity index (χ0v) is 15.3. The van der Waals surface area contributed by atoms with Gasteiger partial charge in [0.25, 0.3) is 0 Å². The van der Waals surface area contributed by atoms with Crippen molar-refractivity contribution in [3.8, 4) is 11.5 Å². The van der Waals surface area contributed by atoms with Gasteiger partial charge in [0.15, 0.2) is 0 Å². The standard InChI is InChI=1S/C17H19FN4O4S/c1-12-8-14(25-7-3-6-21-22-17(19)20)11-15(9-12)26-27(23,24)16-5-2-4-13(18)10-16/h2,4-6,8-11H,3,7H2,1H3,(H4,19,20,22). The molecular weight excluding hydrogens is 375 g/mol. The van der Waals surface area contributed by atoms with Gasteiger partial charge in [-0.1, -0.05) is 6.07 Å². The Morgan fingerprint density at radius 1 is 1.19 bits per heavy atom. The SMILES string of the molecule is Cc1cc(OCCC=NN=C(N)N)cc(OS(=O)(=O)c2cccc(F)c2)c1. The van der Waals surface area contributed by atoms with Crippen LogP contribution in [0.1, 0.15) is 12.0 Å². The lowest BCUT2D eigenvalue weighted by molar-refractivity contribution is 0.329. The fourth-order valence-electron chi connectivity index (χ4n) is 2.04. The number of benzene rings is 2. The minimum Gasteiger partial charge on any atom is -0.493 e. The normalized spacial score (nSPS) is 11.3. The fourth-order valence-corrected chi connectivity index (χ4v) is 2.99. The second-order valence-electron chi connectivity index (χ2n) is 5.44. The van der Waals surface area contributed by atoms with Crippen LogP contribution in [0.5, 0.6) is 11.5 Å². The van der Waals surface area contributed by atoms with Crippen LogP contribution < -0.4 is 20.4 Å². The zero-order chi connectivity index (χ0) is 19.9. The maximum absolute atomic E-state index is 13.3. The highest BCUT2D eigenvalue weighted by atomic mass is 32.2. The summed E-state index contributed by atoms with van der Waals surface area (Å²) in [6.07, 6.45) is 1.91. The lowest BCUT2D eigenvalue weighted by Crippen LogP contribution is -2.21. The summed E-state index contributed by atoms with van der Waals surface area (Å²) in [7, 11) is -4.17. The smallest absolute Gasteiger partial charge is 0.339 e. The van der Waals surface area contributed by atoms with Crippen LogP contribution in [0.4, 0.5) is 4.39 Å². The fraction of sp³-hybridized carbons (Fsp3) is 0.176. The van der Waals surface area contributed by atoms with E-state index < -0.39 is 15.9 Å². The summed E-state index contributed by atoms with van der Waals surface area (Å²) in [4.78, 5) is -0.276. The summed E-state index contributed by atoms with van der Waals surface area (Å²) in [5.74, 6) is -0.347. The molecule has 0 spiro atoms. The van der Waals surface area contributed by atoms with E-state index in [1.54, 1.807) is 13.0 Å². The van der Waals surface area contributed by atoms with Crippen molar-refractivity contribution in [1.29, 1.82) is 0 Å². The summed E-state index contributed by atoms with van der Waals surface area (Å²) < 4.78 is 48.5. The van der Waals surface area contributed by atoms with Gasteiger partial charge in [0.1, 0.15) is 22.2 Å². The lowest BCUT2D eigenvalue weighted by Gasteiger charge is -2.11. The minimum absolute atomic E-state index is 0.0587. The third kappa shape index (κ3) is 6.59. The molecule has 0 amide bonds. The molecule has 0 radical (unpaired) electrons. The molecule has 10 heteroatoms. The van der Waals surface area contributed by atoms with Gasteiger partial charge in [-0.2, -0.15) is 13.5 Å². The Kier molecular flexibility index (Phi) is 6.72. The molecule has 2 aromatic rings. The molecule has 0 heterocycles. The largest absolute Gasteiger partial charge is 0.493 e. The van der Waals surface area contributed by atoms with Crippen molar-refractivity contribution >= 4 is 22.3 Å². The number of aryl methyl sites for hydroxylation is 1. The van der Waals surface area contributed by atoms with Crippen molar-refractivity contribution in [1.82, 2.24) is 0 Å². The molecule has 4 N–H and O–H groups in total. The molecular formula is C17H19FN4O4S. The quantitative estimate of drug-likeness (QED) is 0.231. The summed E-state index contributed by atoms with van der Waals surface area (Å²) in [5.41, 5.74) is 11.0. The van der Waals surface area contributed by atoms with Gasteiger partial charge in [-0.15, -0.1) is 5.10 Å². The van der Waals surface area contributed by atoms with E-state index in [0.29, 0.717) is 12.2 Å². The molecule has 8 nitrogen and oxygen atoms in total. The maximum atomic E-state index is 13.3. The van der Waals surface area contributed by atoms with Crippen LogP contribution >= 0.6 is 0 Å². The van der Waals surface area contributed by atoms with Crippen LogP contribution in [0.3, 0.4) is 0 Å². The summed E-state index contributed by atoms with van der Waals surface area (Å²) in [5, 5.41) is 7.07. The van der Waals surface area contributed by atoms with Gasteiger partial charge in [0, 0.05) is 18.7 Å². The number of hydrogen-bond donors (Lipinski definition) is 2. The molecule has 0 fully saturated rings. The first-order valence-electron chi connectivity index (χ1n) is 7.81. The van der Waals surface area contributed by atoms with Gasteiger partial charge in [0.2, 0.25) is 5.96 Å². The molecule has 0 bridgehead atoms. The number of halogens is 1. The van der Waals surface area contributed by atoms with Crippen molar-refractivity contribution in [2.24, 2.45) is 21.7 Å². The molecule has 0 atom stereocenters. The van der Waals surface area contributed by atoms with Crippen LogP contribution in [0, 0.1) is 12.7 Å². The van der Waals surface area contributed by atoms with E-state index in [1.807, 2.05) is 0 Å². The van der Waals surface area contributed by atoms with Crippen molar-refractivity contribution < 1.29 is 21.7 Å². The minimum atomic E-state index is -4.17. The summed E-state index contributed by atoms with van der Waals surface area (Å²) in [6, 6.07) is 9.25. The Bertz CT molecular complexity index is 957. The summed E-state index contributed by atoms with van der Waals surface area (Å²) >= 11 is 0. The van der Waals surface area contributed by atoms with E-state index >= 15 is 0 Å². The molecule has 0 aliphatic rings. The van der Waals surface area contributed by atoms with Gasteiger partial charge >= 0.3 is 10.1 Å². The predicted octanol–water partition coefficient (Wildman–Crippen LogP) is 1.93. The molecule has 27 heavy (non-hydrogen) atoms. The van der Waals surface area contributed by atoms with Gasteiger partial charge in [-0.05, 0) is 42.8 Å². The molecule has 144 valence electrons. The van der Waals surface area contributed by atoms with Crippen LogP contribution in [-0.2, 0) is 10.1 Å². The van der Waals surface area contributed by atoms with Gasteiger partial charge < -0.3 is 20.4 Å². The van der Waals surface area contributed by atoms with Crippen molar-refractivity contribution in [2.45, 2.75) is 18.2 Å². The molecule has 0 aromatic heterocycles. The average Bonchev–Trinajstić information content (AvgIpc) is 2.57. The lowest BCUT2D eigenvalue weighted by atomic mass is 10.2. The van der Waals surface area contributed by atoms with E-state index in [0.717, 1.165) is 17.7 Å². The van der Waals surface area contributed by atoms with Gasteiger partial charge in [0.05, 0.1) is 6.61 Å². The third-order valence-corrected chi connectivity index (χ3v) is 4.33. The topological polar surface area (TPSA) is 129 Å². The Hall–Kier alpha value is -3.14. The van der Waals surface area contributed by atoms with Crippen molar-refractivity contribution in [3.63, 3.8) is 0 Å². The number of nitrogens with two attached hydrogens (primary N) is 2. The Balaban J connectivity index is 2.06. The molecule has 0 aliphatic carbocycles. The first-order valence-corrected chi connectivity index (χ1v) is 9.22. The van der Waals surface area contributed by atoms with Gasteiger partial charge in [-0.3, -0.25) is 0 Å². The monoisotopic (exact) mass is 394 g/mol. The first-order chi connectivity index (χ1) is 12.8. The molecule has 0 unspecified atom stereocenters. The van der Waals surface area contributed by atoms with E-state index in [2.05, 4.69) is 10.2 Å². The van der Waals surface area contributed by atoms with Crippen molar-refractivity contribution in [3.05, 3.63) is 53.8 Å².